The van der Waals surface area contributed by atoms with Crippen molar-refractivity contribution < 1.29 is 4.79 Å². The van der Waals surface area contributed by atoms with E-state index in [1.54, 1.807) is 6.20 Å². The molecule has 0 saturated heterocycles. The number of aryl methyl sites for hydroxylation is 1. The number of nitrogens with one attached hydrogen (secondary N) is 1. The number of rotatable bonds is 7. The summed E-state index contributed by atoms with van der Waals surface area (Å²) in [4.78, 5) is 17.5. The summed E-state index contributed by atoms with van der Waals surface area (Å²) in [6.07, 6.45) is 1.75. The quantitative estimate of drug-likeness (QED) is 0.445. The number of nitrogens with zero attached hydrogens (tertiary/aromatic N) is 4. The van der Waals surface area contributed by atoms with Crippen LogP contribution < -0.4 is 5.32 Å². The van der Waals surface area contributed by atoms with Gasteiger partial charge in [-0.25, -0.2) is 4.98 Å². The molecule has 0 radical (unpaired) electrons. The molecule has 0 saturated carbocycles. The van der Waals surface area contributed by atoms with Gasteiger partial charge in [-0.2, -0.15) is 0 Å². The molecule has 0 unspecified atom stereocenters. The number of hydrogen-bond donors (Lipinski definition) is 1. The topological polar surface area (TPSA) is 72.7 Å². The molecule has 4 rings (SSSR count). The summed E-state index contributed by atoms with van der Waals surface area (Å²) < 4.78 is 2.05. The molecule has 146 valence electrons. The Morgan fingerprint density at radius 3 is 2.48 bits per heavy atom. The maximum absolute atomic E-state index is 12.3. The zero-order valence-electron chi connectivity index (χ0n) is 15.8. The predicted molar refractivity (Wildman–Crippen MR) is 117 cm³/mol. The Kier molecular flexibility index (Phi) is 6.02. The van der Waals surface area contributed by atoms with Gasteiger partial charge < -0.3 is 5.32 Å². The zero-order valence-corrected chi connectivity index (χ0v) is 17.4. The second kappa shape index (κ2) is 9.02. The summed E-state index contributed by atoms with van der Waals surface area (Å²) in [7, 11) is 0. The monoisotopic (exact) mass is 421 g/mol. The third-order valence-electron chi connectivity index (χ3n) is 4.13. The van der Waals surface area contributed by atoms with Gasteiger partial charge >= 0.3 is 0 Å². The number of thiazole rings is 1. The summed E-state index contributed by atoms with van der Waals surface area (Å²) in [6.45, 7) is 2.59. The van der Waals surface area contributed by atoms with Crippen LogP contribution >= 0.6 is 23.1 Å². The molecule has 0 aliphatic carbocycles. The molecule has 8 heteroatoms. The molecule has 0 spiro atoms. The molecule has 0 atom stereocenters. The van der Waals surface area contributed by atoms with Crippen LogP contribution in [-0.2, 0) is 11.3 Å². The highest BCUT2D eigenvalue weighted by Gasteiger charge is 2.16. The zero-order chi connectivity index (χ0) is 20.1. The summed E-state index contributed by atoms with van der Waals surface area (Å²) >= 11 is 2.83. The van der Waals surface area contributed by atoms with Crippen LogP contribution in [0.5, 0.6) is 0 Å². The first-order chi connectivity index (χ1) is 14.2. The molecule has 2 aromatic carbocycles. The van der Waals surface area contributed by atoms with Crippen LogP contribution in [0.2, 0.25) is 0 Å². The maximum atomic E-state index is 12.3. The molecule has 29 heavy (non-hydrogen) atoms. The van der Waals surface area contributed by atoms with E-state index in [1.807, 2.05) is 55.5 Å². The molecular weight excluding hydrogens is 402 g/mol. The van der Waals surface area contributed by atoms with E-state index in [-0.39, 0.29) is 11.7 Å². The number of thioether (sulfide) groups is 1. The van der Waals surface area contributed by atoms with Crippen molar-refractivity contribution >= 4 is 34.1 Å². The largest absolute Gasteiger partial charge is 0.301 e. The average Bonchev–Trinajstić information content (AvgIpc) is 3.33. The van der Waals surface area contributed by atoms with Gasteiger partial charge in [0.15, 0.2) is 16.1 Å². The van der Waals surface area contributed by atoms with Crippen molar-refractivity contribution in [1.82, 2.24) is 19.7 Å². The third-order valence-corrected chi connectivity index (χ3v) is 5.93. The fraction of sp³-hybridized carbons (Fsp3) is 0.143. The summed E-state index contributed by atoms with van der Waals surface area (Å²) in [6, 6.07) is 20.1. The van der Waals surface area contributed by atoms with Crippen molar-refractivity contribution in [3.05, 3.63) is 77.3 Å². The number of hydrogen-bond acceptors (Lipinski definition) is 6. The van der Waals surface area contributed by atoms with Crippen LogP contribution in [0.3, 0.4) is 0 Å². The normalized spacial score (nSPS) is 10.8. The SMILES string of the molecule is Cc1cnc(NC(=O)CSc2nnc(-c3ccccc3)n2Cc2ccccc2)s1. The lowest BCUT2D eigenvalue weighted by Gasteiger charge is -2.10. The van der Waals surface area contributed by atoms with Crippen molar-refractivity contribution in [3.8, 4) is 11.4 Å². The Hall–Kier alpha value is -2.97. The number of anilines is 1. The van der Waals surface area contributed by atoms with Gasteiger partial charge in [-0.05, 0) is 12.5 Å². The van der Waals surface area contributed by atoms with Crippen molar-refractivity contribution in [2.75, 3.05) is 11.1 Å². The lowest BCUT2D eigenvalue weighted by atomic mass is 10.2. The highest BCUT2D eigenvalue weighted by Crippen LogP contribution is 2.25. The van der Waals surface area contributed by atoms with E-state index in [4.69, 9.17) is 0 Å². The highest BCUT2D eigenvalue weighted by atomic mass is 32.2. The second-order valence-corrected chi connectivity index (χ2v) is 8.53. The van der Waals surface area contributed by atoms with E-state index in [9.17, 15) is 4.79 Å². The van der Waals surface area contributed by atoms with Gasteiger partial charge in [-0.1, -0.05) is 72.4 Å². The van der Waals surface area contributed by atoms with E-state index in [2.05, 4.69) is 37.2 Å². The Balaban J connectivity index is 1.54. The van der Waals surface area contributed by atoms with Crippen molar-refractivity contribution in [1.29, 1.82) is 0 Å². The van der Waals surface area contributed by atoms with E-state index >= 15 is 0 Å². The molecule has 2 aromatic heterocycles. The van der Waals surface area contributed by atoms with Crippen LogP contribution in [0.4, 0.5) is 5.13 Å². The van der Waals surface area contributed by atoms with E-state index in [0.29, 0.717) is 16.8 Å². The molecule has 0 aliphatic rings. The molecule has 0 bridgehead atoms. The lowest BCUT2D eigenvalue weighted by Crippen LogP contribution is -2.14. The smallest absolute Gasteiger partial charge is 0.236 e. The summed E-state index contributed by atoms with van der Waals surface area (Å²) in [5, 5.41) is 12.9. The van der Waals surface area contributed by atoms with Gasteiger partial charge in [-0.15, -0.1) is 21.5 Å². The minimum absolute atomic E-state index is 0.111. The van der Waals surface area contributed by atoms with E-state index in [1.165, 1.54) is 23.1 Å². The lowest BCUT2D eigenvalue weighted by molar-refractivity contribution is -0.113. The molecule has 0 aliphatic heterocycles. The van der Waals surface area contributed by atoms with Crippen molar-refractivity contribution in [2.45, 2.75) is 18.6 Å². The molecule has 1 amide bonds. The summed E-state index contributed by atoms with van der Waals surface area (Å²) in [5.41, 5.74) is 2.14. The van der Waals surface area contributed by atoms with E-state index < -0.39 is 0 Å². The number of amides is 1. The highest BCUT2D eigenvalue weighted by molar-refractivity contribution is 7.99. The first kappa shape index (κ1) is 19.4. The molecule has 0 fully saturated rings. The summed E-state index contributed by atoms with van der Waals surface area (Å²) in [5.74, 6) is 0.910. The first-order valence-electron chi connectivity index (χ1n) is 9.06. The van der Waals surface area contributed by atoms with Crippen molar-refractivity contribution in [2.24, 2.45) is 0 Å². The first-order valence-corrected chi connectivity index (χ1v) is 10.9. The van der Waals surface area contributed by atoms with Crippen LogP contribution in [-0.4, -0.2) is 31.4 Å². The fourth-order valence-electron chi connectivity index (χ4n) is 2.80. The van der Waals surface area contributed by atoms with Gasteiger partial charge in [0.25, 0.3) is 0 Å². The minimum Gasteiger partial charge on any atom is -0.301 e. The van der Waals surface area contributed by atoms with Crippen LogP contribution in [0, 0.1) is 6.92 Å². The van der Waals surface area contributed by atoms with Gasteiger partial charge in [-0.3, -0.25) is 9.36 Å². The van der Waals surface area contributed by atoms with Gasteiger partial charge in [0.05, 0.1) is 12.3 Å². The van der Waals surface area contributed by atoms with Crippen LogP contribution in [0.15, 0.2) is 72.0 Å². The van der Waals surface area contributed by atoms with Crippen LogP contribution in [0.1, 0.15) is 10.4 Å². The van der Waals surface area contributed by atoms with Gasteiger partial charge in [0.1, 0.15) is 0 Å². The Labute approximate surface area is 177 Å². The van der Waals surface area contributed by atoms with Gasteiger partial charge in [0, 0.05) is 16.6 Å². The predicted octanol–water partition coefficient (Wildman–Crippen LogP) is 4.49. The Morgan fingerprint density at radius 1 is 1.07 bits per heavy atom. The van der Waals surface area contributed by atoms with E-state index in [0.717, 1.165) is 21.8 Å². The van der Waals surface area contributed by atoms with Gasteiger partial charge in [0.2, 0.25) is 5.91 Å². The fourth-order valence-corrected chi connectivity index (χ4v) is 4.22. The van der Waals surface area contributed by atoms with Crippen molar-refractivity contribution in [3.63, 3.8) is 0 Å². The third kappa shape index (κ3) is 4.90. The molecular formula is C21H19N5OS2. The number of carbonyl (C=O) groups is 1. The minimum atomic E-state index is -0.111. The molecule has 1 N–H and O–H groups in total. The Bertz CT molecular complexity index is 1090. The second-order valence-electron chi connectivity index (χ2n) is 6.36. The molecule has 4 aromatic rings. The number of benzene rings is 2. The Morgan fingerprint density at radius 2 is 1.79 bits per heavy atom. The molecule has 2 heterocycles. The van der Waals surface area contributed by atoms with Crippen LogP contribution in [0.25, 0.3) is 11.4 Å². The number of aromatic nitrogens is 4. The standard InChI is InChI=1S/C21H19N5OS2/c1-15-12-22-20(29-15)23-18(27)14-28-21-25-24-19(17-10-6-3-7-11-17)26(21)13-16-8-4-2-5-9-16/h2-12H,13-14H2,1H3,(H,22,23,27). The molecule has 6 nitrogen and oxygen atoms in total. The maximum Gasteiger partial charge on any atom is 0.236 e. The number of carbonyl (C=O) groups excluding carboxylic acids is 1. The average molecular weight is 422 g/mol.